The summed E-state index contributed by atoms with van der Waals surface area (Å²) in [5.74, 6) is -0.376. The van der Waals surface area contributed by atoms with E-state index >= 15 is 0 Å². The summed E-state index contributed by atoms with van der Waals surface area (Å²) in [6.45, 7) is 8.28. The molecule has 1 unspecified atom stereocenters. The van der Waals surface area contributed by atoms with Crippen LogP contribution in [-0.2, 0) is 19.1 Å². The van der Waals surface area contributed by atoms with Crippen LogP contribution in [0, 0.1) is 0 Å². The minimum Gasteiger partial charge on any atom is -0.468 e. The molecular formula is C16H30N2O4. The van der Waals surface area contributed by atoms with Gasteiger partial charge in [-0.05, 0) is 53.1 Å². The molecule has 1 N–H and O–H groups in total. The zero-order valence-electron chi connectivity index (χ0n) is 14.3. The van der Waals surface area contributed by atoms with E-state index in [4.69, 9.17) is 9.47 Å². The molecule has 1 saturated heterocycles. The molecule has 1 aliphatic heterocycles. The molecule has 6 nitrogen and oxygen atoms in total. The van der Waals surface area contributed by atoms with Gasteiger partial charge in [0.2, 0.25) is 0 Å². The van der Waals surface area contributed by atoms with Crippen LogP contribution in [0.2, 0.25) is 0 Å². The van der Waals surface area contributed by atoms with Gasteiger partial charge in [-0.15, -0.1) is 0 Å². The highest BCUT2D eigenvalue weighted by molar-refractivity contribution is 5.75. The number of methoxy groups -OCH3 is 1. The Morgan fingerprint density at radius 1 is 1.27 bits per heavy atom. The van der Waals surface area contributed by atoms with Crippen molar-refractivity contribution in [1.82, 2.24) is 10.2 Å². The van der Waals surface area contributed by atoms with Gasteiger partial charge in [0.1, 0.15) is 11.6 Å². The van der Waals surface area contributed by atoms with Crippen molar-refractivity contribution in [2.75, 3.05) is 33.3 Å². The zero-order valence-corrected chi connectivity index (χ0v) is 14.3. The number of piperidine rings is 1. The molecule has 128 valence electrons. The maximum Gasteiger partial charge on any atom is 0.323 e. The lowest BCUT2D eigenvalue weighted by atomic mass is 10.0. The normalized spacial score (nSPS) is 19.7. The van der Waals surface area contributed by atoms with Gasteiger partial charge in [-0.3, -0.25) is 14.5 Å². The molecule has 0 saturated carbocycles. The number of carbonyl (C=O) groups excluding carboxylic acids is 2. The average Bonchev–Trinajstić information content (AvgIpc) is 2.44. The number of hydrogen-bond donors (Lipinski definition) is 1. The second-order valence-corrected chi connectivity index (χ2v) is 6.69. The Kier molecular flexibility index (Phi) is 7.82. The fraction of sp³-hybridized carbons (Fsp3) is 0.875. The highest BCUT2D eigenvalue weighted by atomic mass is 16.6. The first-order valence-corrected chi connectivity index (χ1v) is 8.08. The summed E-state index contributed by atoms with van der Waals surface area (Å²) in [4.78, 5) is 25.5. The largest absolute Gasteiger partial charge is 0.468 e. The van der Waals surface area contributed by atoms with E-state index in [1.165, 1.54) is 7.11 Å². The van der Waals surface area contributed by atoms with E-state index in [9.17, 15) is 9.59 Å². The average molecular weight is 314 g/mol. The van der Waals surface area contributed by atoms with Crippen LogP contribution in [0.3, 0.4) is 0 Å². The van der Waals surface area contributed by atoms with Gasteiger partial charge in [-0.25, -0.2) is 0 Å². The third kappa shape index (κ3) is 7.22. The van der Waals surface area contributed by atoms with Crippen LogP contribution in [0.15, 0.2) is 0 Å². The standard InChI is InChI=1S/C16H30N2O4/c1-16(2,3)22-14(19)12-17-9-7-11-18-10-6-5-8-13(18)15(20)21-4/h13,17H,5-12H2,1-4H3. The minimum absolute atomic E-state index is 0.107. The molecule has 0 radical (unpaired) electrons. The van der Waals surface area contributed by atoms with Gasteiger partial charge in [-0.1, -0.05) is 6.42 Å². The molecular weight excluding hydrogens is 284 g/mol. The van der Waals surface area contributed by atoms with E-state index < -0.39 is 5.60 Å². The maximum absolute atomic E-state index is 11.7. The summed E-state index contributed by atoms with van der Waals surface area (Å²) in [5.41, 5.74) is -0.444. The first kappa shape index (κ1) is 18.9. The van der Waals surface area contributed by atoms with Gasteiger partial charge >= 0.3 is 11.9 Å². The predicted molar refractivity (Wildman–Crippen MR) is 84.6 cm³/mol. The molecule has 6 heteroatoms. The first-order chi connectivity index (χ1) is 10.3. The predicted octanol–water partition coefficient (Wildman–Crippen LogP) is 1.34. The fourth-order valence-corrected chi connectivity index (χ4v) is 2.64. The van der Waals surface area contributed by atoms with Crippen LogP contribution in [0.5, 0.6) is 0 Å². The van der Waals surface area contributed by atoms with Crippen molar-refractivity contribution < 1.29 is 19.1 Å². The highest BCUT2D eigenvalue weighted by Gasteiger charge is 2.28. The molecule has 1 fully saturated rings. The molecule has 22 heavy (non-hydrogen) atoms. The highest BCUT2D eigenvalue weighted by Crippen LogP contribution is 2.18. The SMILES string of the molecule is COC(=O)C1CCCCN1CCCNCC(=O)OC(C)(C)C. The van der Waals surface area contributed by atoms with Crippen LogP contribution >= 0.6 is 0 Å². The Labute approximate surface area is 133 Å². The number of nitrogens with one attached hydrogen (secondary N) is 1. The number of likely N-dealkylation sites (tertiary alicyclic amines) is 1. The van der Waals surface area contributed by atoms with Crippen LogP contribution in [0.1, 0.15) is 46.5 Å². The summed E-state index contributed by atoms with van der Waals surface area (Å²) in [6.07, 6.45) is 3.96. The van der Waals surface area contributed by atoms with Gasteiger partial charge < -0.3 is 14.8 Å². The third-order valence-electron chi connectivity index (χ3n) is 3.58. The van der Waals surface area contributed by atoms with Crippen molar-refractivity contribution in [2.24, 2.45) is 0 Å². The van der Waals surface area contributed by atoms with E-state index in [0.717, 1.165) is 45.3 Å². The Hall–Kier alpha value is -1.14. The molecule has 1 aliphatic rings. The van der Waals surface area contributed by atoms with Crippen LogP contribution in [-0.4, -0.2) is 61.8 Å². The van der Waals surface area contributed by atoms with Gasteiger partial charge in [-0.2, -0.15) is 0 Å². The van der Waals surface area contributed by atoms with Crippen molar-refractivity contribution in [2.45, 2.75) is 58.1 Å². The van der Waals surface area contributed by atoms with Crippen molar-refractivity contribution in [3.8, 4) is 0 Å². The Morgan fingerprint density at radius 3 is 2.64 bits per heavy atom. The summed E-state index contributed by atoms with van der Waals surface area (Å²) >= 11 is 0. The Bertz CT molecular complexity index is 366. The molecule has 0 spiro atoms. The molecule has 0 amide bonds. The zero-order chi connectivity index (χ0) is 16.6. The quantitative estimate of drug-likeness (QED) is 0.565. The topological polar surface area (TPSA) is 67.9 Å². The second kappa shape index (κ2) is 9.10. The maximum atomic E-state index is 11.7. The number of nitrogens with zero attached hydrogens (tertiary/aromatic N) is 1. The lowest BCUT2D eigenvalue weighted by molar-refractivity contribution is -0.153. The summed E-state index contributed by atoms with van der Waals surface area (Å²) in [5, 5.41) is 3.09. The van der Waals surface area contributed by atoms with Crippen molar-refractivity contribution in [3.05, 3.63) is 0 Å². The Balaban J connectivity index is 2.20. The third-order valence-corrected chi connectivity index (χ3v) is 3.58. The second-order valence-electron chi connectivity index (χ2n) is 6.69. The summed E-state index contributed by atoms with van der Waals surface area (Å²) in [6, 6.07) is -0.107. The monoisotopic (exact) mass is 314 g/mol. The molecule has 0 bridgehead atoms. The van der Waals surface area contributed by atoms with E-state index in [0.29, 0.717) is 0 Å². The van der Waals surface area contributed by atoms with Gasteiger partial charge in [0.25, 0.3) is 0 Å². The smallest absolute Gasteiger partial charge is 0.323 e. The fourth-order valence-electron chi connectivity index (χ4n) is 2.64. The van der Waals surface area contributed by atoms with E-state index in [1.807, 2.05) is 20.8 Å². The lowest BCUT2D eigenvalue weighted by Crippen LogP contribution is -2.46. The number of rotatable bonds is 7. The Morgan fingerprint density at radius 2 is 2.00 bits per heavy atom. The van der Waals surface area contributed by atoms with Crippen molar-refractivity contribution >= 4 is 11.9 Å². The minimum atomic E-state index is -0.444. The van der Waals surface area contributed by atoms with E-state index in [1.54, 1.807) is 0 Å². The molecule has 1 atom stereocenters. The lowest BCUT2D eigenvalue weighted by Gasteiger charge is -2.33. The van der Waals surface area contributed by atoms with Crippen LogP contribution in [0.25, 0.3) is 0 Å². The summed E-state index contributed by atoms with van der Waals surface area (Å²) < 4.78 is 10.1. The van der Waals surface area contributed by atoms with E-state index in [2.05, 4.69) is 10.2 Å². The van der Waals surface area contributed by atoms with Crippen molar-refractivity contribution in [1.29, 1.82) is 0 Å². The molecule has 0 aliphatic carbocycles. The van der Waals surface area contributed by atoms with Gasteiger partial charge in [0.05, 0.1) is 13.7 Å². The van der Waals surface area contributed by atoms with Crippen LogP contribution in [0.4, 0.5) is 0 Å². The molecule has 1 heterocycles. The number of esters is 2. The number of ether oxygens (including phenoxy) is 2. The molecule has 0 aromatic heterocycles. The first-order valence-electron chi connectivity index (χ1n) is 8.08. The van der Waals surface area contributed by atoms with Crippen LogP contribution < -0.4 is 5.32 Å². The number of hydrogen-bond acceptors (Lipinski definition) is 6. The van der Waals surface area contributed by atoms with Gasteiger partial charge in [0, 0.05) is 6.54 Å². The molecule has 0 aromatic carbocycles. The van der Waals surface area contributed by atoms with Gasteiger partial charge in [0.15, 0.2) is 0 Å². The summed E-state index contributed by atoms with van der Waals surface area (Å²) in [7, 11) is 1.44. The van der Waals surface area contributed by atoms with Crippen molar-refractivity contribution in [3.63, 3.8) is 0 Å². The molecule has 1 rings (SSSR count). The van der Waals surface area contributed by atoms with E-state index in [-0.39, 0.29) is 24.5 Å². The number of carbonyl (C=O) groups is 2. The molecule has 0 aromatic rings.